The van der Waals surface area contributed by atoms with Crippen LogP contribution in [-0.2, 0) is 6.54 Å². The molecule has 1 aliphatic heterocycles. The molecule has 2 N–H and O–H groups in total. The van der Waals surface area contributed by atoms with Gasteiger partial charge in [0.1, 0.15) is 5.75 Å². The van der Waals surface area contributed by atoms with Gasteiger partial charge in [-0.25, -0.2) is 0 Å². The molecule has 154 valence electrons. The molecule has 0 atom stereocenters. The van der Waals surface area contributed by atoms with Gasteiger partial charge in [0.2, 0.25) is 0 Å². The van der Waals surface area contributed by atoms with E-state index in [-0.39, 0.29) is 29.7 Å². The Morgan fingerprint density at radius 2 is 1.81 bits per heavy atom. The highest BCUT2D eigenvalue weighted by Gasteiger charge is 2.28. The number of hydrogen-bond donors (Lipinski definition) is 2. The Hall–Kier alpha value is -1.23. The normalized spacial score (nSPS) is 15.3. The number of alkyl halides is 3. The Labute approximate surface area is 175 Å². The quantitative estimate of drug-likeness (QED) is 0.249. The van der Waals surface area contributed by atoms with Crippen molar-refractivity contribution < 1.29 is 17.9 Å². The molecular weight excluding hydrogens is 472 g/mol. The number of guanidine groups is 1. The number of likely N-dealkylation sites (tertiary alicyclic amines) is 1. The lowest BCUT2D eigenvalue weighted by Crippen LogP contribution is -2.38. The van der Waals surface area contributed by atoms with Crippen LogP contribution in [0.2, 0.25) is 0 Å². The van der Waals surface area contributed by atoms with Crippen LogP contribution in [0.15, 0.2) is 29.3 Å². The Bertz CT molecular complexity index is 561. The minimum absolute atomic E-state index is 0. The van der Waals surface area contributed by atoms with E-state index in [1.165, 1.54) is 38.1 Å². The molecule has 0 radical (unpaired) electrons. The molecule has 1 heterocycles. The third kappa shape index (κ3) is 10.0. The average Bonchev–Trinajstić information content (AvgIpc) is 3.13. The summed E-state index contributed by atoms with van der Waals surface area (Å²) in [4.78, 5) is 6.65. The molecule has 5 nitrogen and oxygen atoms in total. The molecule has 1 aromatic rings. The van der Waals surface area contributed by atoms with Gasteiger partial charge in [0.05, 0.1) is 0 Å². The maximum Gasteiger partial charge on any atom is 0.422 e. The van der Waals surface area contributed by atoms with Crippen LogP contribution < -0.4 is 15.4 Å². The summed E-state index contributed by atoms with van der Waals surface area (Å²) in [6, 6.07) is 6.54. The SMILES string of the molecule is CN=C(NCCCN1CCCC1)NCc1ccc(OCC(F)(F)F)cc1.I. The third-order valence-corrected chi connectivity index (χ3v) is 4.15. The van der Waals surface area contributed by atoms with Gasteiger partial charge in [-0.3, -0.25) is 4.99 Å². The number of nitrogens with one attached hydrogen (secondary N) is 2. The van der Waals surface area contributed by atoms with E-state index in [4.69, 9.17) is 4.74 Å². The standard InChI is InChI=1S/C18H27F3N4O.HI/c1-22-17(23-9-4-12-25-10-2-3-11-25)24-13-15-5-7-16(8-6-15)26-14-18(19,20)21;/h5-8H,2-4,9-14H2,1H3,(H2,22,23,24);1H. The van der Waals surface area contributed by atoms with E-state index >= 15 is 0 Å². The second kappa shape index (κ2) is 12.3. The second-order valence-electron chi connectivity index (χ2n) is 6.30. The van der Waals surface area contributed by atoms with E-state index in [0.717, 1.165) is 25.1 Å². The molecule has 0 aromatic heterocycles. The predicted molar refractivity (Wildman–Crippen MR) is 112 cm³/mol. The summed E-state index contributed by atoms with van der Waals surface area (Å²) >= 11 is 0. The molecule has 1 fully saturated rings. The molecule has 0 spiro atoms. The number of aliphatic imine (C=N–C) groups is 1. The van der Waals surface area contributed by atoms with Crippen LogP contribution in [0.5, 0.6) is 5.75 Å². The van der Waals surface area contributed by atoms with E-state index in [2.05, 4.69) is 20.5 Å². The fraction of sp³-hybridized carbons (Fsp3) is 0.611. The minimum Gasteiger partial charge on any atom is -0.484 e. The molecule has 0 saturated carbocycles. The van der Waals surface area contributed by atoms with Gasteiger partial charge in [0.25, 0.3) is 0 Å². The molecule has 0 amide bonds. The summed E-state index contributed by atoms with van der Waals surface area (Å²) in [7, 11) is 1.71. The average molecular weight is 500 g/mol. The molecule has 0 unspecified atom stereocenters. The number of nitrogens with zero attached hydrogens (tertiary/aromatic N) is 2. The molecular formula is C18H28F3IN4O. The number of halogens is 4. The largest absolute Gasteiger partial charge is 0.484 e. The van der Waals surface area contributed by atoms with Gasteiger partial charge in [0.15, 0.2) is 12.6 Å². The molecule has 2 rings (SSSR count). The van der Waals surface area contributed by atoms with Crippen LogP contribution >= 0.6 is 24.0 Å². The Morgan fingerprint density at radius 1 is 1.15 bits per heavy atom. The van der Waals surface area contributed by atoms with Crippen molar-refractivity contribution in [3.63, 3.8) is 0 Å². The van der Waals surface area contributed by atoms with Crippen molar-refractivity contribution in [3.05, 3.63) is 29.8 Å². The van der Waals surface area contributed by atoms with Gasteiger partial charge < -0.3 is 20.3 Å². The zero-order valence-corrected chi connectivity index (χ0v) is 17.8. The van der Waals surface area contributed by atoms with Crippen molar-refractivity contribution in [2.24, 2.45) is 4.99 Å². The molecule has 1 aromatic carbocycles. The van der Waals surface area contributed by atoms with E-state index in [1.54, 1.807) is 19.2 Å². The third-order valence-electron chi connectivity index (χ3n) is 4.15. The summed E-state index contributed by atoms with van der Waals surface area (Å²) in [5.41, 5.74) is 0.935. The van der Waals surface area contributed by atoms with Crippen molar-refractivity contribution in [1.82, 2.24) is 15.5 Å². The fourth-order valence-corrected chi connectivity index (χ4v) is 2.79. The van der Waals surface area contributed by atoms with Gasteiger partial charge in [-0.2, -0.15) is 13.2 Å². The molecule has 27 heavy (non-hydrogen) atoms. The van der Waals surface area contributed by atoms with Crippen molar-refractivity contribution >= 4 is 29.9 Å². The summed E-state index contributed by atoms with van der Waals surface area (Å²) in [5.74, 6) is 0.916. The van der Waals surface area contributed by atoms with Crippen LogP contribution in [0, 0.1) is 0 Å². The smallest absolute Gasteiger partial charge is 0.422 e. The summed E-state index contributed by atoms with van der Waals surface area (Å²) in [6.45, 7) is 3.61. The van der Waals surface area contributed by atoms with E-state index in [1.807, 2.05) is 0 Å². The van der Waals surface area contributed by atoms with Gasteiger partial charge in [-0.05, 0) is 56.6 Å². The van der Waals surface area contributed by atoms with Crippen molar-refractivity contribution in [3.8, 4) is 5.75 Å². The first-order valence-corrected chi connectivity index (χ1v) is 8.91. The van der Waals surface area contributed by atoms with Crippen LogP contribution in [0.25, 0.3) is 0 Å². The molecule has 9 heteroatoms. The van der Waals surface area contributed by atoms with Gasteiger partial charge in [-0.15, -0.1) is 24.0 Å². The number of ether oxygens (including phenoxy) is 1. The zero-order valence-electron chi connectivity index (χ0n) is 15.5. The van der Waals surface area contributed by atoms with Gasteiger partial charge >= 0.3 is 6.18 Å². The first-order valence-electron chi connectivity index (χ1n) is 8.91. The topological polar surface area (TPSA) is 48.9 Å². The summed E-state index contributed by atoms with van der Waals surface area (Å²) < 4.78 is 41.1. The molecule has 1 saturated heterocycles. The Kier molecular flexibility index (Phi) is 10.8. The lowest BCUT2D eigenvalue weighted by molar-refractivity contribution is -0.153. The molecule has 0 aliphatic carbocycles. The van der Waals surface area contributed by atoms with Gasteiger partial charge in [0, 0.05) is 20.1 Å². The first kappa shape index (κ1) is 23.8. The lowest BCUT2D eigenvalue weighted by atomic mass is 10.2. The maximum absolute atomic E-state index is 12.1. The van der Waals surface area contributed by atoms with Crippen LogP contribution in [0.3, 0.4) is 0 Å². The highest BCUT2D eigenvalue weighted by atomic mass is 127. The minimum atomic E-state index is -4.33. The lowest BCUT2D eigenvalue weighted by Gasteiger charge is -2.16. The number of rotatable bonds is 8. The second-order valence-corrected chi connectivity index (χ2v) is 6.30. The summed E-state index contributed by atoms with van der Waals surface area (Å²) in [5, 5.41) is 6.47. The van der Waals surface area contributed by atoms with Crippen molar-refractivity contribution in [2.75, 3.05) is 39.8 Å². The molecule has 0 bridgehead atoms. The van der Waals surface area contributed by atoms with Crippen molar-refractivity contribution in [2.45, 2.75) is 32.0 Å². The zero-order chi connectivity index (χ0) is 18.8. The van der Waals surface area contributed by atoms with Crippen LogP contribution in [-0.4, -0.2) is 56.9 Å². The Morgan fingerprint density at radius 3 is 2.41 bits per heavy atom. The van der Waals surface area contributed by atoms with Gasteiger partial charge in [-0.1, -0.05) is 12.1 Å². The van der Waals surface area contributed by atoms with Crippen LogP contribution in [0.1, 0.15) is 24.8 Å². The predicted octanol–water partition coefficient (Wildman–Crippen LogP) is 3.40. The fourth-order valence-electron chi connectivity index (χ4n) is 2.79. The highest BCUT2D eigenvalue weighted by Crippen LogP contribution is 2.18. The number of hydrogen-bond acceptors (Lipinski definition) is 3. The Balaban J connectivity index is 0.00000364. The highest BCUT2D eigenvalue weighted by molar-refractivity contribution is 14.0. The number of benzene rings is 1. The summed E-state index contributed by atoms with van der Waals surface area (Å²) in [6.07, 6.45) is -0.660. The van der Waals surface area contributed by atoms with Crippen LogP contribution in [0.4, 0.5) is 13.2 Å². The van der Waals surface area contributed by atoms with Crippen molar-refractivity contribution in [1.29, 1.82) is 0 Å². The monoisotopic (exact) mass is 500 g/mol. The van der Waals surface area contributed by atoms with E-state index < -0.39 is 12.8 Å². The van der Waals surface area contributed by atoms with E-state index in [9.17, 15) is 13.2 Å². The van der Waals surface area contributed by atoms with E-state index in [0.29, 0.717) is 12.5 Å². The first-order chi connectivity index (χ1) is 12.5. The maximum atomic E-state index is 12.1. The molecule has 1 aliphatic rings.